The highest BCUT2D eigenvalue weighted by molar-refractivity contribution is 9.10. The lowest BCUT2D eigenvalue weighted by atomic mass is 10.1. The van der Waals surface area contributed by atoms with Crippen LogP contribution < -0.4 is 0 Å². The van der Waals surface area contributed by atoms with Gasteiger partial charge in [0, 0.05) is 12.1 Å². The van der Waals surface area contributed by atoms with Crippen LogP contribution in [0.2, 0.25) is 0 Å². The number of alkyl halides is 4. The van der Waals surface area contributed by atoms with Gasteiger partial charge in [0.1, 0.15) is 5.71 Å². The summed E-state index contributed by atoms with van der Waals surface area (Å²) in [5.74, 6) is -1.90. The molecule has 0 saturated carbocycles. The summed E-state index contributed by atoms with van der Waals surface area (Å²) in [5.41, 5.74) is -2.61. The molecule has 1 aromatic heterocycles. The van der Waals surface area contributed by atoms with Gasteiger partial charge >= 0.3 is 0 Å². The van der Waals surface area contributed by atoms with E-state index < -0.39 is 42.5 Å². The molecule has 0 fully saturated rings. The van der Waals surface area contributed by atoms with Crippen molar-refractivity contribution in [2.24, 2.45) is 11.0 Å². The number of carbonyl (C=O) groups is 1. The summed E-state index contributed by atoms with van der Waals surface area (Å²) < 4.78 is 54.2. The molecule has 0 radical (unpaired) electrons. The standard InChI is InChI=1S/C14H17BrF4N4O2/c1-6(5-22-8(3)10(15)7(2)20-22)12(24)23-14(25,13(18)19)4-9(21-23)11(16)17/h6,11,13,25H,4-5H2,1-3H3/t6-,14+/m1/s1. The van der Waals surface area contributed by atoms with Crippen LogP contribution in [-0.2, 0) is 11.3 Å². The van der Waals surface area contributed by atoms with Crippen molar-refractivity contribution < 1.29 is 27.5 Å². The molecule has 0 aliphatic carbocycles. The fourth-order valence-electron chi connectivity index (χ4n) is 2.52. The van der Waals surface area contributed by atoms with Crippen LogP contribution in [0.1, 0.15) is 24.7 Å². The highest BCUT2D eigenvalue weighted by Gasteiger charge is 2.53. The molecule has 6 nitrogen and oxygen atoms in total. The number of nitrogens with zero attached hydrogens (tertiary/aromatic N) is 4. The van der Waals surface area contributed by atoms with Crippen LogP contribution >= 0.6 is 15.9 Å². The highest BCUT2D eigenvalue weighted by atomic mass is 79.9. The van der Waals surface area contributed by atoms with Gasteiger partial charge in [0.25, 0.3) is 12.9 Å². The van der Waals surface area contributed by atoms with E-state index in [4.69, 9.17) is 0 Å². The fourth-order valence-corrected chi connectivity index (χ4v) is 2.81. The van der Waals surface area contributed by atoms with Gasteiger partial charge in [-0.25, -0.2) is 17.6 Å². The normalized spacial score (nSPS) is 22.0. The number of carbonyl (C=O) groups excluding carboxylic acids is 1. The molecule has 0 unspecified atom stereocenters. The van der Waals surface area contributed by atoms with Gasteiger partial charge in [0.05, 0.1) is 22.6 Å². The zero-order valence-corrected chi connectivity index (χ0v) is 15.3. The Kier molecular flexibility index (Phi) is 5.57. The number of amides is 1. The number of aromatic nitrogens is 2. The molecule has 11 heteroatoms. The second-order valence-corrected chi connectivity index (χ2v) is 6.76. The third kappa shape index (κ3) is 3.57. The van der Waals surface area contributed by atoms with Crippen LogP contribution in [0.5, 0.6) is 0 Å². The molecular formula is C14H17BrF4N4O2. The zero-order valence-electron chi connectivity index (χ0n) is 13.7. The van der Waals surface area contributed by atoms with E-state index >= 15 is 0 Å². The molecule has 0 saturated heterocycles. The van der Waals surface area contributed by atoms with Gasteiger partial charge in [-0.3, -0.25) is 9.48 Å². The lowest BCUT2D eigenvalue weighted by molar-refractivity contribution is -0.195. The van der Waals surface area contributed by atoms with E-state index in [9.17, 15) is 27.5 Å². The average molecular weight is 429 g/mol. The summed E-state index contributed by atoms with van der Waals surface area (Å²) >= 11 is 3.33. The quantitative estimate of drug-likeness (QED) is 0.732. The van der Waals surface area contributed by atoms with E-state index in [1.165, 1.54) is 11.6 Å². The average Bonchev–Trinajstić information content (AvgIpc) is 3.01. The predicted molar refractivity (Wildman–Crippen MR) is 84.4 cm³/mol. The third-order valence-electron chi connectivity index (χ3n) is 4.01. The Morgan fingerprint density at radius 2 is 1.96 bits per heavy atom. The first kappa shape index (κ1) is 19.8. The molecule has 2 heterocycles. The van der Waals surface area contributed by atoms with Crippen molar-refractivity contribution in [1.82, 2.24) is 14.8 Å². The monoisotopic (exact) mass is 428 g/mol. The minimum Gasteiger partial charge on any atom is -0.364 e. The Hall–Kier alpha value is -1.49. The Morgan fingerprint density at radius 3 is 2.40 bits per heavy atom. The number of rotatable bonds is 5. The van der Waals surface area contributed by atoms with Gasteiger partial charge in [-0.05, 0) is 29.8 Å². The maximum Gasteiger partial charge on any atom is 0.287 e. The molecule has 1 aromatic rings. The smallest absolute Gasteiger partial charge is 0.287 e. The zero-order chi connectivity index (χ0) is 19.1. The molecule has 25 heavy (non-hydrogen) atoms. The van der Waals surface area contributed by atoms with Crippen LogP contribution in [-0.4, -0.2) is 50.1 Å². The van der Waals surface area contributed by atoms with Gasteiger partial charge in [-0.2, -0.15) is 15.2 Å². The van der Waals surface area contributed by atoms with Crippen molar-refractivity contribution in [3.63, 3.8) is 0 Å². The Labute approximate surface area is 149 Å². The van der Waals surface area contributed by atoms with Crippen molar-refractivity contribution in [2.45, 2.75) is 52.3 Å². The summed E-state index contributed by atoms with van der Waals surface area (Å²) in [6.45, 7) is 4.94. The van der Waals surface area contributed by atoms with E-state index in [1.54, 1.807) is 13.8 Å². The second-order valence-electron chi connectivity index (χ2n) is 5.97. The number of hydrogen-bond acceptors (Lipinski definition) is 4. The summed E-state index contributed by atoms with van der Waals surface area (Å²) in [5, 5.41) is 17.6. The Morgan fingerprint density at radius 1 is 1.36 bits per heavy atom. The van der Waals surface area contributed by atoms with Crippen molar-refractivity contribution in [1.29, 1.82) is 0 Å². The second kappa shape index (κ2) is 7.02. The number of aryl methyl sites for hydroxylation is 1. The van der Waals surface area contributed by atoms with E-state index in [-0.39, 0.29) is 11.6 Å². The first-order valence-electron chi connectivity index (χ1n) is 7.38. The molecule has 1 amide bonds. The maximum absolute atomic E-state index is 13.2. The van der Waals surface area contributed by atoms with Gasteiger partial charge < -0.3 is 5.11 Å². The molecule has 0 aromatic carbocycles. The van der Waals surface area contributed by atoms with Crippen LogP contribution in [0.4, 0.5) is 17.6 Å². The fraction of sp³-hybridized carbons (Fsp3) is 0.643. The molecule has 0 bridgehead atoms. The largest absolute Gasteiger partial charge is 0.364 e. The Balaban J connectivity index is 2.25. The van der Waals surface area contributed by atoms with Gasteiger partial charge in [-0.1, -0.05) is 6.92 Å². The minimum absolute atomic E-state index is 0.0203. The van der Waals surface area contributed by atoms with E-state index in [0.717, 1.165) is 10.2 Å². The van der Waals surface area contributed by atoms with E-state index in [1.807, 2.05) is 0 Å². The summed E-state index contributed by atoms with van der Waals surface area (Å²) in [6.07, 6.45) is -7.66. The summed E-state index contributed by atoms with van der Waals surface area (Å²) in [4.78, 5) is 12.5. The van der Waals surface area contributed by atoms with Crippen molar-refractivity contribution in [3.05, 3.63) is 15.9 Å². The summed E-state index contributed by atoms with van der Waals surface area (Å²) in [7, 11) is 0. The molecule has 1 aliphatic heterocycles. The lowest BCUT2D eigenvalue weighted by Gasteiger charge is -2.31. The molecule has 1 N–H and O–H groups in total. The predicted octanol–water partition coefficient (Wildman–Crippen LogP) is 2.71. The molecule has 140 valence electrons. The van der Waals surface area contributed by atoms with Gasteiger partial charge in [0.2, 0.25) is 11.6 Å². The van der Waals surface area contributed by atoms with Crippen molar-refractivity contribution in [3.8, 4) is 0 Å². The molecule has 1 aliphatic rings. The number of hydrazone groups is 1. The first-order chi connectivity index (χ1) is 11.5. The van der Waals surface area contributed by atoms with Crippen LogP contribution in [0.15, 0.2) is 9.57 Å². The third-order valence-corrected chi connectivity index (χ3v) is 5.16. The minimum atomic E-state index is -3.44. The SMILES string of the molecule is Cc1nn(C[C@@H](C)C(=O)N2N=C(C(F)F)C[C@]2(O)C(F)F)c(C)c1Br. The number of halogens is 5. The van der Waals surface area contributed by atoms with Gasteiger partial charge in [0.15, 0.2) is 0 Å². The highest BCUT2D eigenvalue weighted by Crippen LogP contribution is 2.34. The maximum atomic E-state index is 13.2. The van der Waals surface area contributed by atoms with Crippen LogP contribution in [0, 0.1) is 19.8 Å². The van der Waals surface area contributed by atoms with E-state index in [2.05, 4.69) is 26.1 Å². The molecule has 2 atom stereocenters. The molecule has 2 rings (SSSR count). The van der Waals surface area contributed by atoms with Gasteiger partial charge in [-0.15, -0.1) is 0 Å². The van der Waals surface area contributed by atoms with Crippen molar-refractivity contribution in [2.75, 3.05) is 0 Å². The Bertz CT molecular complexity index is 709. The van der Waals surface area contributed by atoms with Crippen LogP contribution in [0.25, 0.3) is 0 Å². The van der Waals surface area contributed by atoms with Crippen LogP contribution in [0.3, 0.4) is 0 Å². The lowest BCUT2D eigenvalue weighted by Crippen LogP contribution is -2.53. The molecule has 0 spiro atoms. The first-order valence-corrected chi connectivity index (χ1v) is 8.18. The topological polar surface area (TPSA) is 70.7 Å². The molecular weight excluding hydrogens is 412 g/mol. The number of hydrogen-bond donors (Lipinski definition) is 1. The van der Waals surface area contributed by atoms with E-state index in [0.29, 0.717) is 5.69 Å². The van der Waals surface area contributed by atoms with Crippen molar-refractivity contribution >= 4 is 27.5 Å². The summed E-state index contributed by atoms with van der Waals surface area (Å²) in [6, 6.07) is 0. The number of aliphatic hydroxyl groups is 1.